The molecular formula is C26H31ClN4O6. The molecule has 3 rings (SSSR count). The molecule has 0 spiro atoms. The topological polar surface area (TPSA) is 119 Å². The highest BCUT2D eigenvalue weighted by atomic mass is 35.5. The molecule has 0 bridgehead atoms. The third-order valence-electron chi connectivity index (χ3n) is 5.67. The fraction of sp³-hybridized carbons (Fsp3) is 0.385. The van der Waals surface area contributed by atoms with Gasteiger partial charge < -0.3 is 24.4 Å². The molecule has 2 aromatic carbocycles. The van der Waals surface area contributed by atoms with Gasteiger partial charge in [-0.2, -0.15) is 5.10 Å². The van der Waals surface area contributed by atoms with E-state index in [4.69, 9.17) is 25.8 Å². The third kappa shape index (κ3) is 7.68. The summed E-state index contributed by atoms with van der Waals surface area (Å²) in [5.41, 5.74) is 3.23. The number of hydrogen-bond acceptors (Lipinski definition) is 7. The number of amides is 3. The highest BCUT2D eigenvalue weighted by Gasteiger charge is 2.25. The number of methoxy groups -OCH3 is 1. The Kier molecular flexibility index (Phi) is 10.3. The predicted octanol–water partition coefficient (Wildman–Crippen LogP) is 2.49. The normalized spacial score (nSPS) is 14.4. The Morgan fingerprint density at radius 3 is 2.54 bits per heavy atom. The van der Waals surface area contributed by atoms with Crippen LogP contribution in [0.25, 0.3) is 0 Å². The van der Waals surface area contributed by atoms with Crippen LogP contribution >= 0.6 is 11.6 Å². The van der Waals surface area contributed by atoms with Crippen molar-refractivity contribution >= 4 is 35.5 Å². The number of carbonyl (C=O) groups is 3. The Hall–Kier alpha value is -3.63. The van der Waals surface area contributed by atoms with Crippen LogP contribution in [0.3, 0.4) is 0 Å². The number of morpholine rings is 1. The maximum atomic E-state index is 12.8. The van der Waals surface area contributed by atoms with E-state index in [0.29, 0.717) is 48.4 Å². The van der Waals surface area contributed by atoms with E-state index in [-0.39, 0.29) is 24.0 Å². The summed E-state index contributed by atoms with van der Waals surface area (Å²) in [6.07, 6.45) is 1.39. The lowest BCUT2D eigenvalue weighted by molar-refractivity contribution is -0.137. The minimum atomic E-state index is -0.854. The standard InChI is InChI=1S/C26H31ClN4O6/c1-17(2)23(29-25(33)19-8-4-5-9-20(19)27)26(34)30-28-15-18-7-6-10-21(35-3)24(18)37-16-22(32)31-11-13-36-14-12-31/h4-10,15,17,23H,11-14,16H2,1-3H3,(H,29,33)(H,30,34)/b28-15-. The second-order valence-electron chi connectivity index (χ2n) is 8.57. The van der Waals surface area contributed by atoms with E-state index in [1.54, 1.807) is 61.2 Å². The van der Waals surface area contributed by atoms with Gasteiger partial charge in [-0.15, -0.1) is 0 Å². The Balaban J connectivity index is 1.67. The van der Waals surface area contributed by atoms with E-state index in [1.807, 2.05) is 0 Å². The molecule has 3 amide bonds. The lowest BCUT2D eigenvalue weighted by Gasteiger charge is -2.27. The molecule has 1 heterocycles. The molecule has 2 N–H and O–H groups in total. The number of benzene rings is 2. The van der Waals surface area contributed by atoms with Crippen LogP contribution in [-0.4, -0.2) is 74.9 Å². The van der Waals surface area contributed by atoms with Crippen molar-refractivity contribution in [3.63, 3.8) is 0 Å². The van der Waals surface area contributed by atoms with Crippen LogP contribution in [0.4, 0.5) is 0 Å². The molecule has 1 fully saturated rings. The monoisotopic (exact) mass is 530 g/mol. The Morgan fingerprint density at radius 2 is 1.86 bits per heavy atom. The van der Waals surface area contributed by atoms with E-state index < -0.39 is 17.9 Å². The van der Waals surface area contributed by atoms with Gasteiger partial charge in [0, 0.05) is 18.7 Å². The fourth-order valence-electron chi connectivity index (χ4n) is 3.62. The lowest BCUT2D eigenvalue weighted by Crippen LogP contribution is -2.48. The highest BCUT2D eigenvalue weighted by Crippen LogP contribution is 2.30. The summed E-state index contributed by atoms with van der Waals surface area (Å²) in [5.74, 6) is -0.617. The number of ether oxygens (including phenoxy) is 3. The Bertz CT molecular complexity index is 1130. The van der Waals surface area contributed by atoms with Crippen molar-refractivity contribution in [1.29, 1.82) is 0 Å². The molecule has 11 heteroatoms. The summed E-state index contributed by atoms with van der Waals surface area (Å²) < 4.78 is 16.5. The summed E-state index contributed by atoms with van der Waals surface area (Å²) in [5, 5.41) is 7.05. The molecule has 2 aromatic rings. The van der Waals surface area contributed by atoms with Crippen LogP contribution in [0.15, 0.2) is 47.6 Å². The summed E-state index contributed by atoms with van der Waals surface area (Å²) in [6, 6.07) is 10.9. The molecule has 0 aliphatic carbocycles. The molecule has 0 saturated carbocycles. The third-order valence-corrected chi connectivity index (χ3v) is 6.00. The van der Waals surface area contributed by atoms with Crippen LogP contribution < -0.4 is 20.2 Å². The molecule has 10 nitrogen and oxygen atoms in total. The summed E-state index contributed by atoms with van der Waals surface area (Å²) >= 11 is 6.11. The van der Waals surface area contributed by atoms with E-state index in [0.717, 1.165) is 0 Å². The van der Waals surface area contributed by atoms with E-state index in [2.05, 4.69) is 15.8 Å². The molecule has 0 radical (unpaired) electrons. The first-order valence-corrected chi connectivity index (χ1v) is 12.2. The molecule has 198 valence electrons. The van der Waals surface area contributed by atoms with Crippen molar-refractivity contribution < 1.29 is 28.6 Å². The van der Waals surface area contributed by atoms with E-state index in [1.165, 1.54) is 13.3 Å². The number of para-hydroxylation sites is 1. The molecule has 1 aliphatic heterocycles. The van der Waals surface area contributed by atoms with Crippen LogP contribution in [0, 0.1) is 5.92 Å². The van der Waals surface area contributed by atoms with Crippen molar-refractivity contribution in [2.45, 2.75) is 19.9 Å². The van der Waals surface area contributed by atoms with Crippen LogP contribution in [0.5, 0.6) is 11.5 Å². The van der Waals surface area contributed by atoms with Crippen molar-refractivity contribution in [1.82, 2.24) is 15.6 Å². The first kappa shape index (κ1) is 27.9. The Morgan fingerprint density at radius 1 is 1.14 bits per heavy atom. The Labute approximate surface area is 220 Å². The van der Waals surface area contributed by atoms with Crippen molar-refractivity contribution in [3.8, 4) is 11.5 Å². The largest absolute Gasteiger partial charge is 0.493 e. The van der Waals surface area contributed by atoms with Gasteiger partial charge in [0.15, 0.2) is 18.1 Å². The summed E-state index contributed by atoms with van der Waals surface area (Å²) in [6.45, 7) is 5.44. The van der Waals surface area contributed by atoms with Gasteiger partial charge >= 0.3 is 0 Å². The zero-order valence-corrected chi connectivity index (χ0v) is 21.8. The zero-order chi connectivity index (χ0) is 26.8. The molecule has 1 saturated heterocycles. The predicted molar refractivity (Wildman–Crippen MR) is 139 cm³/mol. The molecule has 1 atom stereocenters. The van der Waals surface area contributed by atoms with Gasteiger partial charge in [-0.05, 0) is 30.2 Å². The molecule has 1 aliphatic rings. The van der Waals surface area contributed by atoms with Gasteiger partial charge in [0.2, 0.25) is 0 Å². The van der Waals surface area contributed by atoms with Crippen LogP contribution in [0.1, 0.15) is 29.8 Å². The molecule has 1 unspecified atom stereocenters. The van der Waals surface area contributed by atoms with E-state index >= 15 is 0 Å². The second-order valence-corrected chi connectivity index (χ2v) is 8.98. The first-order chi connectivity index (χ1) is 17.8. The summed E-state index contributed by atoms with van der Waals surface area (Å²) in [4.78, 5) is 39.7. The van der Waals surface area contributed by atoms with Crippen molar-refractivity contribution in [3.05, 3.63) is 58.6 Å². The maximum absolute atomic E-state index is 12.8. The smallest absolute Gasteiger partial charge is 0.262 e. The van der Waals surface area contributed by atoms with Gasteiger partial charge in [-0.3, -0.25) is 14.4 Å². The number of hydrogen-bond donors (Lipinski definition) is 2. The van der Waals surface area contributed by atoms with Gasteiger partial charge in [-0.25, -0.2) is 5.43 Å². The van der Waals surface area contributed by atoms with Gasteiger partial charge in [0.25, 0.3) is 17.7 Å². The maximum Gasteiger partial charge on any atom is 0.262 e. The molecule has 37 heavy (non-hydrogen) atoms. The van der Waals surface area contributed by atoms with Crippen LogP contribution in [-0.2, 0) is 14.3 Å². The number of rotatable bonds is 10. The zero-order valence-electron chi connectivity index (χ0n) is 21.0. The van der Waals surface area contributed by atoms with Gasteiger partial charge in [0.1, 0.15) is 6.04 Å². The minimum Gasteiger partial charge on any atom is -0.493 e. The van der Waals surface area contributed by atoms with E-state index in [9.17, 15) is 14.4 Å². The van der Waals surface area contributed by atoms with Crippen molar-refractivity contribution in [2.75, 3.05) is 40.0 Å². The fourth-order valence-corrected chi connectivity index (χ4v) is 3.84. The molecule has 0 aromatic heterocycles. The summed E-state index contributed by atoms with van der Waals surface area (Å²) in [7, 11) is 1.49. The molecular weight excluding hydrogens is 500 g/mol. The SMILES string of the molecule is COc1cccc(/C=N\NC(=O)C(NC(=O)c2ccccc2Cl)C(C)C)c1OCC(=O)N1CCOCC1. The lowest BCUT2D eigenvalue weighted by atomic mass is 10.0. The van der Waals surface area contributed by atoms with Crippen molar-refractivity contribution in [2.24, 2.45) is 11.0 Å². The average molecular weight is 531 g/mol. The highest BCUT2D eigenvalue weighted by molar-refractivity contribution is 6.33. The number of nitrogens with zero attached hydrogens (tertiary/aromatic N) is 2. The van der Waals surface area contributed by atoms with Gasteiger partial charge in [-0.1, -0.05) is 43.6 Å². The number of nitrogens with one attached hydrogen (secondary N) is 2. The number of halogens is 1. The minimum absolute atomic E-state index is 0.167. The quantitative estimate of drug-likeness (QED) is 0.360. The van der Waals surface area contributed by atoms with Crippen LogP contribution in [0.2, 0.25) is 5.02 Å². The average Bonchev–Trinajstić information content (AvgIpc) is 2.90. The number of carbonyl (C=O) groups excluding carboxylic acids is 3. The first-order valence-electron chi connectivity index (χ1n) is 11.9. The van der Waals surface area contributed by atoms with Gasteiger partial charge in [0.05, 0.1) is 37.1 Å². The second kappa shape index (κ2) is 13.6. The number of hydrazone groups is 1.